The van der Waals surface area contributed by atoms with Crippen LogP contribution in [0.15, 0.2) is 41.8 Å². The number of nitrogens with one attached hydrogen (secondary N) is 2. The summed E-state index contributed by atoms with van der Waals surface area (Å²) in [4.78, 5) is 31.1. The van der Waals surface area contributed by atoms with E-state index in [0.29, 0.717) is 19.5 Å². The molecule has 3 heterocycles. The molecule has 2 amide bonds. The minimum Gasteiger partial charge on any atom is -0.353 e. The first-order valence-electron chi connectivity index (χ1n) is 11.1. The zero-order valence-corrected chi connectivity index (χ0v) is 19.2. The second-order valence-electron chi connectivity index (χ2n) is 8.72. The normalized spacial score (nSPS) is 24.5. The molecule has 2 saturated heterocycles. The summed E-state index contributed by atoms with van der Waals surface area (Å²) in [5.74, 6) is 0.187. The van der Waals surface area contributed by atoms with E-state index in [2.05, 4.69) is 58.7 Å². The Labute approximate surface area is 188 Å². The van der Waals surface area contributed by atoms with Crippen molar-refractivity contribution in [2.24, 2.45) is 0 Å². The molecule has 0 saturated carbocycles. The van der Waals surface area contributed by atoms with Crippen LogP contribution in [0.1, 0.15) is 35.3 Å². The summed E-state index contributed by atoms with van der Waals surface area (Å²) in [6.07, 6.45) is 2.19. The smallest absolute Gasteiger partial charge is 0.239 e. The number of benzene rings is 1. The van der Waals surface area contributed by atoms with Crippen molar-refractivity contribution in [1.82, 2.24) is 20.4 Å². The van der Waals surface area contributed by atoms with Crippen LogP contribution in [-0.4, -0.2) is 59.9 Å². The third-order valence-corrected chi connectivity index (χ3v) is 7.48. The minimum absolute atomic E-state index is 0.0707. The van der Waals surface area contributed by atoms with Gasteiger partial charge in [-0.25, -0.2) is 0 Å². The molecule has 1 aromatic heterocycles. The topological polar surface area (TPSA) is 64.7 Å². The van der Waals surface area contributed by atoms with Crippen molar-refractivity contribution < 1.29 is 9.59 Å². The monoisotopic (exact) mass is 440 g/mol. The maximum absolute atomic E-state index is 13.0. The van der Waals surface area contributed by atoms with Gasteiger partial charge in [0.1, 0.15) is 6.04 Å². The van der Waals surface area contributed by atoms with Crippen molar-refractivity contribution in [3.63, 3.8) is 0 Å². The molecule has 6 nitrogen and oxygen atoms in total. The Morgan fingerprint density at radius 1 is 1.26 bits per heavy atom. The van der Waals surface area contributed by atoms with Gasteiger partial charge < -0.3 is 10.6 Å². The standard InChI is InChI=1S/C24H32N4O2S/c1-17-5-7-18(8-6-17)16-28-12-11-21-23(28)24(30)26-14-19(27(21)2)9-10-22(29)25-15-20-4-3-13-31-20/h3-8,13,19,21,23H,9-12,14-16H2,1-2H3,(H,25,29)(H,26,30). The second-order valence-corrected chi connectivity index (χ2v) is 9.75. The van der Waals surface area contributed by atoms with Gasteiger partial charge in [0.2, 0.25) is 11.8 Å². The molecule has 1 aromatic carbocycles. The maximum atomic E-state index is 13.0. The van der Waals surface area contributed by atoms with E-state index in [-0.39, 0.29) is 29.9 Å². The number of hydrogen-bond acceptors (Lipinski definition) is 5. The van der Waals surface area contributed by atoms with Gasteiger partial charge in [0.15, 0.2) is 0 Å². The third kappa shape index (κ3) is 5.34. The molecule has 3 atom stereocenters. The van der Waals surface area contributed by atoms with E-state index in [4.69, 9.17) is 0 Å². The van der Waals surface area contributed by atoms with Crippen molar-refractivity contribution >= 4 is 23.2 Å². The van der Waals surface area contributed by atoms with E-state index in [1.807, 2.05) is 17.5 Å². The van der Waals surface area contributed by atoms with E-state index in [1.54, 1.807) is 11.3 Å². The summed E-state index contributed by atoms with van der Waals surface area (Å²) in [6, 6.07) is 12.8. The number of carbonyl (C=O) groups excluding carboxylic acids is 2. The van der Waals surface area contributed by atoms with E-state index in [0.717, 1.165) is 30.8 Å². The molecule has 2 aliphatic rings. The van der Waals surface area contributed by atoms with Gasteiger partial charge in [0.05, 0.1) is 6.54 Å². The molecule has 4 rings (SSSR count). The number of fused-ring (bicyclic) bond motifs is 1. The molecule has 31 heavy (non-hydrogen) atoms. The summed E-state index contributed by atoms with van der Waals surface area (Å²) in [7, 11) is 2.11. The first kappa shape index (κ1) is 22.0. The molecular formula is C24H32N4O2S. The fraction of sp³-hybridized carbons (Fsp3) is 0.500. The number of likely N-dealkylation sites (tertiary alicyclic amines) is 1. The van der Waals surface area contributed by atoms with Gasteiger partial charge in [0.25, 0.3) is 0 Å². The Morgan fingerprint density at radius 2 is 2.06 bits per heavy atom. The number of nitrogens with zero attached hydrogens (tertiary/aromatic N) is 2. The molecule has 2 aromatic rings. The molecule has 166 valence electrons. The summed E-state index contributed by atoms with van der Waals surface area (Å²) < 4.78 is 0. The maximum Gasteiger partial charge on any atom is 0.239 e. The molecule has 0 spiro atoms. The Kier molecular flexibility index (Phi) is 7.05. The molecule has 2 aliphatic heterocycles. The number of rotatable bonds is 7. The molecule has 7 heteroatoms. The van der Waals surface area contributed by atoms with Crippen molar-refractivity contribution in [3.05, 3.63) is 57.8 Å². The van der Waals surface area contributed by atoms with Crippen LogP contribution in [0.4, 0.5) is 0 Å². The predicted molar refractivity (Wildman–Crippen MR) is 124 cm³/mol. The lowest BCUT2D eigenvalue weighted by molar-refractivity contribution is -0.126. The summed E-state index contributed by atoms with van der Waals surface area (Å²) in [6.45, 7) is 4.98. The van der Waals surface area contributed by atoms with Crippen LogP contribution in [0, 0.1) is 6.92 Å². The molecule has 0 radical (unpaired) electrons. The number of carbonyl (C=O) groups is 2. The van der Waals surface area contributed by atoms with Crippen LogP contribution >= 0.6 is 11.3 Å². The van der Waals surface area contributed by atoms with Crippen LogP contribution in [0.25, 0.3) is 0 Å². The minimum atomic E-state index is -0.135. The van der Waals surface area contributed by atoms with Crippen LogP contribution < -0.4 is 10.6 Å². The van der Waals surface area contributed by atoms with Crippen molar-refractivity contribution in [3.8, 4) is 0 Å². The fourth-order valence-electron chi connectivity index (χ4n) is 4.74. The van der Waals surface area contributed by atoms with Gasteiger partial charge in [-0.05, 0) is 43.8 Å². The molecule has 2 fully saturated rings. The number of likely N-dealkylation sites (N-methyl/N-ethyl adjacent to an activating group) is 1. The van der Waals surface area contributed by atoms with Gasteiger partial charge in [-0.15, -0.1) is 11.3 Å². The van der Waals surface area contributed by atoms with E-state index < -0.39 is 0 Å². The van der Waals surface area contributed by atoms with Crippen molar-refractivity contribution in [1.29, 1.82) is 0 Å². The Morgan fingerprint density at radius 3 is 2.81 bits per heavy atom. The number of aryl methyl sites for hydroxylation is 1. The zero-order valence-electron chi connectivity index (χ0n) is 18.3. The van der Waals surface area contributed by atoms with E-state index in [1.165, 1.54) is 11.1 Å². The highest BCUT2D eigenvalue weighted by Crippen LogP contribution is 2.28. The summed E-state index contributed by atoms with van der Waals surface area (Å²) >= 11 is 1.65. The van der Waals surface area contributed by atoms with Crippen LogP contribution in [0.3, 0.4) is 0 Å². The van der Waals surface area contributed by atoms with Gasteiger partial charge in [-0.1, -0.05) is 35.9 Å². The quantitative estimate of drug-likeness (QED) is 0.695. The average molecular weight is 441 g/mol. The first-order chi connectivity index (χ1) is 15.0. The number of hydrogen-bond donors (Lipinski definition) is 2. The molecular weight excluding hydrogens is 408 g/mol. The highest BCUT2D eigenvalue weighted by Gasteiger charge is 2.44. The van der Waals surface area contributed by atoms with Crippen LogP contribution in [-0.2, 0) is 22.7 Å². The summed E-state index contributed by atoms with van der Waals surface area (Å²) in [5, 5.41) is 8.17. The van der Waals surface area contributed by atoms with Gasteiger partial charge >= 0.3 is 0 Å². The molecule has 2 N–H and O–H groups in total. The van der Waals surface area contributed by atoms with Crippen molar-refractivity contribution in [2.45, 2.75) is 57.4 Å². The van der Waals surface area contributed by atoms with E-state index >= 15 is 0 Å². The van der Waals surface area contributed by atoms with Crippen molar-refractivity contribution in [2.75, 3.05) is 20.1 Å². The average Bonchev–Trinajstić information content (AvgIpc) is 3.41. The van der Waals surface area contributed by atoms with Gasteiger partial charge in [-0.2, -0.15) is 0 Å². The van der Waals surface area contributed by atoms with Crippen LogP contribution in [0.2, 0.25) is 0 Å². The second kappa shape index (κ2) is 9.94. The summed E-state index contributed by atoms with van der Waals surface area (Å²) in [5.41, 5.74) is 2.49. The zero-order chi connectivity index (χ0) is 21.8. The Bertz CT molecular complexity index is 883. The number of thiophene rings is 1. The molecule has 3 unspecified atom stereocenters. The van der Waals surface area contributed by atoms with Gasteiger partial charge in [0, 0.05) is 43.0 Å². The molecule has 0 aliphatic carbocycles. The third-order valence-electron chi connectivity index (χ3n) is 6.60. The highest BCUT2D eigenvalue weighted by molar-refractivity contribution is 7.09. The molecule has 0 bridgehead atoms. The SMILES string of the molecule is Cc1ccc(CN2CCC3C2C(=O)NCC(CCC(=O)NCc2cccs2)N3C)cc1. The predicted octanol–water partition coefficient (Wildman–Crippen LogP) is 2.53. The largest absolute Gasteiger partial charge is 0.353 e. The number of amides is 2. The lowest BCUT2D eigenvalue weighted by atomic mass is 10.0. The van der Waals surface area contributed by atoms with Crippen LogP contribution in [0.5, 0.6) is 0 Å². The first-order valence-corrected chi connectivity index (χ1v) is 12.0. The lowest BCUT2D eigenvalue weighted by Gasteiger charge is -2.33. The van der Waals surface area contributed by atoms with E-state index in [9.17, 15) is 9.59 Å². The Hall–Kier alpha value is -2.22. The Balaban J connectivity index is 1.33. The fourth-order valence-corrected chi connectivity index (χ4v) is 5.38. The van der Waals surface area contributed by atoms with Gasteiger partial charge in [-0.3, -0.25) is 19.4 Å². The highest BCUT2D eigenvalue weighted by atomic mass is 32.1. The lowest BCUT2D eigenvalue weighted by Crippen LogP contribution is -2.49.